The maximum atomic E-state index is 12.4. The first kappa shape index (κ1) is 11.8. The zero-order chi connectivity index (χ0) is 11.8. The van der Waals surface area contributed by atoms with Crippen LogP contribution in [0.2, 0.25) is 0 Å². The Balaban J connectivity index is 2.30. The standard InChI is InChI=1S/C12H12ClF3/c13-11(12(14,15)16)10-6-5-8-3-1-2-4-9(8)7-10/h5-7,11H,1-4H2. The van der Waals surface area contributed by atoms with Gasteiger partial charge in [-0.25, -0.2) is 0 Å². The molecule has 0 fully saturated rings. The number of fused-ring (bicyclic) bond motifs is 1. The Labute approximate surface area is 97.4 Å². The third-order valence-electron chi connectivity index (χ3n) is 2.95. The van der Waals surface area contributed by atoms with Crippen molar-refractivity contribution in [2.75, 3.05) is 0 Å². The lowest BCUT2D eigenvalue weighted by molar-refractivity contribution is -0.131. The molecule has 0 heterocycles. The number of alkyl halides is 4. The van der Waals surface area contributed by atoms with Crippen molar-refractivity contribution >= 4 is 11.6 Å². The molecule has 0 saturated heterocycles. The van der Waals surface area contributed by atoms with Gasteiger partial charge in [0.05, 0.1) is 0 Å². The zero-order valence-electron chi connectivity index (χ0n) is 8.65. The fourth-order valence-electron chi connectivity index (χ4n) is 2.10. The minimum absolute atomic E-state index is 0.162. The van der Waals surface area contributed by atoms with Gasteiger partial charge in [0.15, 0.2) is 5.38 Å². The normalized spacial score (nSPS) is 18.0. The molecule has 88 valence electrons. The van der Waals surface area contributed by atoms with Gasteiger partial charge in [0.25, 0.3) is 0 Å². The molecule has 1 aromatic rings. The highest BCUT2D eigenvalue weighted by Crippen LogP contribution is 2.39. The third kappa shape index (κ3) is 2.34. The van der Waals surface area contributed by atoms with Gasteiger partial charge in [-0.2, -0.15) is 13.2 Å². The largest absolute Gasteiger partial charge is 0.408 e. The summed E-state index contributed by atoms with van der Waals surface area (Å²) in [5.41, 5.74) is 2.36. The van der Waals surface area contributed by atoms with Crippen molar-refractivity contribution in [2.24, 2.45) is 0 Å². The molecule has 0 nitrogen and oxygen atoms in total. The molecule has 4 heteroatoms. The average Bonchev–Trinajstić information content (AvgIpc) is 2.26. The van der Waals surface area contributed by atoms with Crippen LogP contribution < -0.4 is 0 Å². The molecule has 0 amide bonds. The SMILES string of the molecule is FC(F)(F)C(Cl)c1ccc2c(c1)CCCC2. The molecule has 0 spiro atoms. The van der Waals surface area contributed by atoms with Gasteiger partial charge in [-0.15, -0.1) is 11.6 Å². The number of hydrogen-bond donors (Lipinski definition) is 0. The molecule has 1 aliphatic rings. The van der Waals surface area contributed by atoms with E-state index in [0.29, 0.717) is 0 Å². The summed E-state index contributed by atoms with van der Waals surface area (Å²) < 4.78 is 37.3. The lowest BCUT2D eigenvalue weighted by Gasteiger charge is -2.19. The summed E-state index contributed by atoms with van der Waals surface area (Å²) >= 11 is 5.40. The predicted octanol–water partition coefficient (Wildman–Crippen LogP) is 4.41. The second-order valence-electron chi connectivity index (χ2n) is 4.14. The van der Waals surface area contributed by atoms with E-state index in [4.69, 9.17) is 11.6 Å². The van der Waals surface area contributed by atoms with Crippen LogP contribution in [0, 0.1) is 0 Å². The molecule has 0 aromatic heterocycles. The summed E-state index contributed by atoms with van der Waals surface area (Å²) in [7, 11) is 0. The highest BCUT2D eigenvalue weighted by molar-refractivity contribution is 6.21. The number of rotatable bonds is 1. The molecular weight excluding hydrogens is 237 g/mol. The van der Waals surface area contributed by atoms with Crippen LogP contribution in [0.4, 0.5) is 13.2 Å². The Morgan fingerprint density at radius 2 is 1.69 bits per heavy atom. The van der Waals surface area contributed by atoms with Crippen LogP contribution in [0.15, 0.2) is 18.2 Å². The minimum Gasteiger partial charge on any atom is -0.169 e. The molecule has 1 aliphatic carbocycles. The summed E-state index contributed by atoms with van der Waals surface area (Å²) in [6, 6.07) is 4.89. The Kier molecular flexibility index (Phi) is 3.15. The molecular formula is C12H12ClF3. The van der Waals surface area contributed by atoms with E-state index in [9.17, 15) is 13.2 Å². The predicted molar refractivity (Wildman–Crippen MR) is 57.7 cm³/mol. The third-order valence-corrected chi connectivity index (χ3v) is 3.45. The van der Waals surface area contributed by atoms with Gasteiger partial charge >= 0.3 is 6.18 Å². The first-order valence-corrected chi connectivity index (χ1v) is 5.74. The van der Waals surface area contributed by atoms with Crippen molar-refractivity contribution < 1.29 is 13.2 Å². The van der Waals surface area contributed by atoms with Gasteiger partial charge in [-0.05, 0) is 42.4 Å². The van der Waals surface area contributed by atoms with Crippen LogP contribution in [0.3, 0.4) is 0 Å². The molecule has 0 bridgehead atoms. The second-order valence-corrected chi connectivity index (χ2v) is 4.58. The van der Waals surface area contributed by atoms with Gasteiger partial charge in [-0.3, -0.25) is 0 Å². The molecule has 16 heavy (non-hydrogen) atoms. The van der Waals surface area contributed by atoms with E-state index in [1.807, 2.05) is 0 Å². The van der Waals surface area contributed by atoms with Crippen molar-refractivity contribution in [3.63, 3.8) is 0 Å². The van der Waals surface area contributed by atoms with Crippen molar-refractivity contribution in [1.82, 2.24) is 0 Å². The first-order chi connectivity index (χ1) is 7.48. The minimum atomic E-state index is -4.37. The zero-order valence-corrected chi connectivity index (χ0v) is 9.41. The van der Waals surface area contributed by atoms with Crippen LogP contribution in [0.25, 0.3) is 0 Å². The quantitative estimate of drug-likeness (QED) is 0.646. The van der Waals surface area contributed by atoms with E-state index in [2.05, 4.69) is 0 Å². The Hall–Kier alpha value is -0.700. The average molecular weight is 249 g/mol. The fraction of sp³-hybridized carbons (Fsp3) is 0.500. The topological polar surface area (TPSA) is 0 Å². The molecule has 0 aliphatic heterocycles. The molecule has 1 unspecified atom stereocenters. The Bertz CT molecular complexity index is 384. The molecule has 1 atom stereocenters. The summed E-state index contributed by atoms with van der Waals surface area (Å²) in [5.74, 6) is 0. The summed E-state index contributed by atoms with van der Waals surface area (Å²) in [5, 5.41) is -1.89. The number of benzene rings is 1. The first-order valence-electron chi connectivity index (χ1n) is 5.31. The summed E-state index contributed by atoms with van der Waals surface area (Å²) in [6.07, 6.45) is -0.366. The van der Waals surface area contributed by atoms with Crippen LogP contribution in [-0.2, 0) is 12.8 Å². The maximum Gasteiger partial charge on any atom is 0.408 e. The summed E-state index contributed by atoms with van der Waals surface area (Å²) in [6.45, 7) is 0. The number of aryl methyl sites for hydroxylation is 2. The molecule has 0 N–H and O–H groups in total. The molecule has 0 saturated carbocycles. The lowest BCUT2D eigenvalue weighted by atomic mass is 9.90. The summed E-state index contributed by atoms with van der Waals surface area (Å²) in [4.78, 5) is 0. The van der Waals surface area contributed by atoms with Gasteiger partial charge < -0.3 is 0 Å². The van der Waals surface area contributed by atoms with Crippen LogP contribution >= 0.6 is 11.6 Å². The smallest absolute Gasteiger partial charge is 0.169 e. The number of halogens is 4. The molecule has 1 aromatic carbocycles. The monoisotopic (exact) mass is 248 g/mol. The highest BCUT2D eigenvalue weighted by atomic mass is 35.5. The maximum absolute atomic E-state index is 12.4. The van der Waals surface area contributed by atoms with E-state index in [-0.39, 0.29) is 5.56 Å². The van der Waals surface area contributed by atoms with Crippen molar-refractivity contribution in [3.8, 4) is 0 Å². The van der Waals surface area contributed by atoms with E-state index in [1.165, 1.54) is 11.6 Å². The number of hydrogen-bond acceptors (Lipinski definition) is 0. The van der Waals surface area contributed by atoms with Crippen molar-refractivity contribution in [3.05, 3.63) is 34.9 Å². The van der Waals surface area contributed by atoms with Gasteiger partial charge in [-0.1, -0.05) is 18.2 Å². The van der Waals surface area contributed by atoms with Crippen LogP contribution in [0.5, 0.6) is 0 Å². The van der Waals surface area contributed by atoms with Gasteiger partial charge in [0.2, 0.25) is 0 Å². The van der Waals surface area contributed by atoms with Crippen LogP contribution in [0.1, 0.15) is 34.9 Å². The lowest BCUT2D eigenvalue weighted by Crippen LogP contribution is -2.16. The Morgan fingerprint density at radius 3 is 2.31 bits per heavy atom. The van der Waals surface area contributed by atoms with E-state index >= 15 is 0 Å². The van der Waals surface area contributed by atoms with Crippen molar-refractivity contribution in [2.45, 2.75) is 37.2 Å². The van der Waals surface area contributed by atoms with Crippen LogP contribution in [-0.4, -0.2) is 6.18 Å². The Morgan fingerprint density at radius 1 is 1.06 bits per heavy atom. The van der Waals surface area contributed by atoms with E-state index < -0.39 is 11.6 Å². The van der Waals surface area contributed by atoms with Crippen molar-refractivity contribution in [1.29, 1.82) is 0 Å². The van der Waals surface area contributed by atoms with Gasteiger partial charge in [0, 0.05) is 0 Å². The van der Waals surface area contributed by atoms with Gasteiger partial charge in [0.1, 0.15) is 0 Å². The molecule has 2 rings (SSSR count). The molecule has 0 radical (unpaired) electrons. The fourth-order valence-corrected chi connectivity index (χ4v) is 2.24. The van der Waals surface area contributed by atoms with E-state index in [1.54, 1.807) is 12.1 Å². The second kappa shape index (κ2) is 4.28. The highest BCUT2D eigenvalue weighted by Gasteiger charge is 2.39. The van der Waals surface area contributed by atoms with E-state index in [0.717, 1.165) is 31.2 Å².